The van der Waals surface area contributed by atoms with Gasteiger partial charge in [-0.05, 0) is 25.1 Å². The van der Waals surface area contributed by atoms with Crippen molar-refractivity contribution in [2.45, 2.75) is 20.4 Å². The van der Waals surface area contributed by atoms with Crippen LogP contribution in [0.3, 0.4) is 0 Å². The maximum absolute atomic E-state index is 13.4. The number of likely N-dealkylation sites (N-methyl/N-ethyl adjacent to an activating group) is 1. The molecular weight excluding hydrogens is 293 g/mol. The Hall–Kier alpha value is -1.17. The fourth-order valence-electron chi connectivity index (χ4n) is 1.99. The van der Waals surface area contributed by atoms with Crippen LogP contribution in [0.25, 0.3) is 0 Å². The average molecular weight is 318 g/mol. The van der Waals surface area contributed by atoms with E-state index >= 15 is 0 Å². The molecule has 0 saturated carbocycles. The van der Waals surface area contributed by atoms with Crippen LogP contribution in [-0.4, -0.2) is 37.5 Å². The molecule has 0 atom stereocenters. The van der Waals surface area contributed by atoms with Gasteiger partial charge >= 0.3 is 0 Å². The third-order valence-electron chi connectivity index (χ3n) is 3.10. The summed E-state index contributed by atoms with van der Waals surface area (Å²) in [4.78, 5) is 13.7. The van der Waals surface area contributed by atoms with Crippen LogP contribution < -0.4 is 11.1 Å². The number of carbonyl (C=O) groups is 1. The quantitative estimate of drug-likeness (QED) is 0.806. The minimum Gasteiger partial charge on any atom is -0.351 e. The lowest BCUT2D eigenvalue weighted by Gasteiger charge is -2.28. The summed E-state index contributed by atoms with van der Waals surface area (Å²) in [6.45, 7) is 5.89. The van der Waals surface area contributed by atoms with Crippen LogP contribution in [0.2, 0.25) is 0 Å². The van der Waals surface area contributed by atoms with Crippen molar-refractivity contribution >= 4 is 18.3 Å². The lowest BCUT2D eigenvalue weighted by molar-refractivity contribution is -0.122. The average Bonchev–Trinajstić information content (AvgIpc) is 2.37. The first-order valence-electron chi connectivity index (χ1n) is 6.73. The molecule has 0 saturated heterocycles. The van der Waals surface area contributed by atoms with Gasteiger partial charge in [-0.3, -0.25) is 9.69 Å². The number of benzene rings is 1. The predicted octanol–water partition coefficient (Wildman–Crippen LogP) is 1.78. The summed E-state index contributed by atoms with van der Waals surface area (Å²) >= 11 is 0. The van der Waals surface area contributed by atoms with Crippen LogP contribution in [0.15, 0.2) is 24.3 Å². The van der Waals surface area contributed by atoms with Crippen LogP contribution in [-0.2, 0) is 11.3 Å². The van der Waals surface area contributed by atoms with Crippen molar-refractivity contribution in [2.75, 3.05) is 26.7 Å². The van der Waals surface area contributed by atoms with Crippen molar-refractivity contribution in [1.29, 1.82) is 0 Å². The van der Waals surface area contributed by atoms with E-state index in [1.807, 2.05) is 11.9 Å². The number of amides is 1. The number of hydrogen-bond donors (Lipinski definition) is 2. The molecule has 0 unspecified atom stereocenters. The molecule has 0 aliphatic carbocycles. The van der Waals surface area contributed by atoms with Gasteiger partial charge in [-0.25, -0.2) is 4.39 Å². The highest BCUT2D eigenvalue weighted by Gasteiger charge is 2.19. The minimum atomic E-state index is -0.301. The molecule has 6 heteroatoms. The van der Waals surface area contributed by atoms with Gasteiger partial charge in [-0.15, -0.1) is 12.4 Å². The molecule has 0 aliphatic rings. The molecule has 3 N–H and O–H groups in total. The van der Waals surface area contributed by atoms with E-state index < -0.39 is 0 Å². The Morgan fingerprint density at radius 1 is 1.38 bits per heavy atom. The molecule has 0 spiro atoms. The Morgan fingerprint density at radius 2 is 2.00 bits per heavy atom. The summed E-state index contributed by atoms with van der Waals surface area (Å²) in [5.41, 5.74) is 6.13. The first kappa shape index (κ1) is 19.8. The molecule has 1 rings (SSSR count). The number of nitrogens with one attached hydrogen (secondary N) is 1. The van der Waals surface area contributed by atoms with Crippen LogP contribution in [0, 0.1) is 11.2 Å². The van der Waals surface area contributed by atoms with E-state index in [0.29, 0.717) is 12.1 Å². The maximum atomic E-state index is 13.4. The second-order valence-corrected chi connectivity index (χ2v) is 5.91. The molecule has 0 radical (unpaired) electrons. The van der Waals surface area contributed by atoms with Gasteiger partial charge in [0, 0.05) is 18.7 Å². The summed E-state index contributed by atoms with van der Waals surface area (Å²) in [5, 5.41) is 2.72. The number of carbonyl (C=O) groups excluding carboxylic acids is 1. The lowest BCUT2D eigenvalue weighted by Crippen LogP contribution is -2.41. The molecule has 1 amide bonds. The second kappa shape index (κ2) is 8.97. The van der Waals surface area contributed by atoms with Gasteiger partial charge in [-0.2, -0.15) is 0 Å². The monoisotopic (exact) mass is 317 g/mol. The highest BCUT2D eigenvalue weighted by molar-refractivity contribution is 5.85. The van der Waals surface area contributed by atoms with Gasteiger partial charge in [0.05, 0.1) is 6.54 Å². The van der Waals surface area contributed by atoms with Crippen molar-refractivity contribution in [2.24, 2.45) is 11.1 Å². The molecule has 0 fully saturated rings. The molecule has 120 valence electrons. The Kier molecular flexibility index (Phi) is 8.47. The molecule has 0 aliphatic heterocycles. The highest BCUT2D eigenvalue weighted by atomic mass is 35.5. The molecule has 21 heavy (non-hydrogen) atoms. The molecule has 1 aromatic carbocycles. The molecular formula is C15H25ClFN3O. The maximum Gasteiger partial charge on any atom is 0.234 e. The Labute approximate surface area is 132 Å². The van der Waals surface area contributed by atoms with Gasteiger partial charge in [0.1, 0.15) is 5.82 Å². The largest absolute Gasteiger partial charge is 0.351 e. The van der Waals surface area contributed by atoms with Gasteiger partial charge in [0.25, 0.3) is 0 Å². The standard InChI is InChI=1S/C15H24FN3O.ClH/c1-15(2,10-17)11-19(3)9-14(20)18-8-12-6-4-5-7-13(12)16;/h4-7H,8-11,17H2,1-3H3,(H,18,20);1H. The zero-order chi connectivity index (χ0) is 15.2. The van der Waals surface area contributed by atoms with Crippen molar-refractivity contribution in [3.8, 4) is 0 Å². The third-order valence-corrected chi connectivity index (χ3v) is 3.10. The summed E-state index contributed by atoms with van der Waals surface area (Å²) in [7, 11) is 1.88. The Morgan fingerprint density at radius 3 is 2.57 bits per heavy atom. The van der Waals surface area contributed by atoms with Gasteiger partial charge < -0.3 is 11.1 Å². The SMILES string of the molecule is CN(CC(=O)NCc1ccccc1F)CC(C)(C)CN.Cl. The van der Waals surface area contributed by atoms with E-state index in [1.54, 1.807) is 18.2 Å². The van der Waals surface area contributed by atoms with Crippen LogP contribution >= 0.6 is 12.4 Å². The second-order valence-electron chi connectivity index (χ2n) is 5.91. The number of nitrogens with two attached hydrogens (primary N) is 1. The van der Waals surface area contributed by atoms with Crippen molar-refractivity contribution in [3.05, 3.63) is 35.6 Å². The van der Waals surface area contributed by atoms with Gasteiger partial charge in [-0.1, -0.05) is 32.0 Å². The molecule has 0 aromatic heterocycles. The van der Waals surface area contributed by atoms with E-state index in [2.05, 4.69) is 19.2 Å². The van der Waals surface area contributed by atoms with Crippen LogP contribution in [0.1, 0.15) is 19.4 Å². The Balaban J connectivity index is 0.00000400. The van der Waals surface area contributed by atoms with Gasteiger partial charge in [0.15, 0.2) is 0 Å². The molecule has 0 heterocycles. The predicted molar refractivity (Wildman–Crippen MR) is 85.8 cm³/mol. The summed E-state index contributed by atoms with van der Waals surface area (Å²) < 4.78 is 13.4. The van der Waals surface area contributed by atoms with E-state index in [9.17, 15) is 9.18 Å². The van der Waals surface area contributed by atoms with E-state index in [4.69, 9.17) is 5.73 Å². The summed E-state index contributed by atoms with van der Waals surface area (Å²) in [5.74, 6) is -0.422. The number of hydrogen-bond acceptors (Lipinski definition) is 3. The zero-order valence-electron chi connectivity index (χ0n) is 12.9. The molecule has 4 nitrogen and oxygen atoms in total. The van der Waals surface area contributed by atoms with Crippen molar-refractivity contribution < 1.29 is 9.18 Å². The smallest absolute Gasteiger partial charge is 0.234 e. The lowest BCUT2D eigenvalue weighted by atomic mass is 9.93. The van der Waals surface area contributed by atoms with Crippen LogP contribution in [0.5, 0.6) is 0 Å². The van der Waals surface area contributed by atoms with E-state index in [1.165, 1.54) is 6.07 Å². The highest BCUT2D eigenvalue weighted by Crippen LogP contribution is 2.13. The zero-order valence-corrected chi connectivity index (χ0v) is 13.7. The van der Waals surface area contributed by atoms with Crippen LogP contribution in [0.4, 0.5) is 4.39 Å². The fourth-order valence-corrected chi connectivity index (χ4v) is 1.99. The molecule has 0 bridgehead atoms. The third kappa shape index (κ3) is 7.41. The van der Waals surface area contributed by atoms with E-state index in [-0.39, 0.29) is 42.6 Å². The van der Waals surface area contributed by atoms with Gasteiger partial charge in [0.2, 0.25) is 5.91 Å². The summed E-state index contributed by atoms with van der Waals surface area (Å²) in [6, 6.07) is 6.43. The number of rotatable bonds is 7. The van der Waals surface area contributed by atoms with E-state index in [0.717, 1.165) is 6.54 Å². The summed E-state index contributed by atoms with van der Waals surface area (Å²) in [6.07, 6.45) is 0. The van der Waals surface area contributed by atoms with Crippen molar-refractivity contribution in [1.82, 2.24) is 10.2 Å². The fraction of sp³-hybridized carbons (Fsp3) is 0.533. The number of halogens is 2. The first-order chi connectivity index (χ1) is 9.34. The Bertz CT molecular complexity index is 454. The van der Waals surface area contributed by atoms with Crippen molar-refractivity contribution in [3.63, 3.8) is 0 Å². The first-order valence-corrected chi connectivity index (χ1v) is 6.73. The molecule has 1 aromatic rings. The normalized spacial score (nSPS) is 11.1. The number of nitrogens with zero attached hydrogens (tertiary/aromatic N) is 1. The topological polar surface area (TPSA) is 58.4 Å². The minimum absolute atomic E-state index is 0.